The smallest absolute Gasteiger partial charge is 0.325 e. The molecular weight excluding hydrogens is 406 g/mol. The summed E-state index contributed by atoms with van der Waals surface area (Å²) in [5.41, 5.74) is 1.12. The summed E-state index contributed by atoms with van der Waals surface area (Å²) in [6.45, 7) is -0.273. The molecule has 2 amide bonds. The Hall–Kier alpha value is -3.46. The van der Waals surface area contributed by atoms with Crippen LogP contribution in [0.25, 0.3) is 0 Å². The van der Waals surface area contributed by atoms with Crippen LogP contribution in [0.2, 0.25) is 0 Å². The van der Waals surface area contributed by atoms with Gasteiger partial charge in [-0.3, -0.25) is 14.4 Å². The van der Waals surface area contributed by atoms with Gasteiger partial charge in [0.2, 0.25) is 5.91 Å². The normalized spacial score (nSPS) is 15.7. The molecule has 0 aromatic heterocycles. The van der Waals surface area contributed by atoms with Gasteiger partial charge in [0, 0.05) is 5.69 Å². The lowest BCUT2D eigenvalue weighted by molar-refractivity contribution is -0.141. The summed E-state index contributed by atoms with van der Waals surface area (Å²) in [7, 11) is 2.81. The maximum Gasteiger partial charge on any atom is 0.325 e. The van der Waals surface area contributed by atoms with Crippen LogP contribution in [0.3, 0.4) is 0 Å². The first kappa shape index (κ1) is 21.3. The number of rotatable bonds is 6. The highest BCUT2D eigenvalue weighted by atomic mass is 32.1. The highest BCUT2D eigenvalue weighted by Crippen LogP contribution is 2.26. The monoisotopic (exact) mass is 427 g/mol. The van der Waals surface area contributed by atoms with Crippen molar-refractivity contribution in [2.45, 2.75) is 12.5 Å². The van der Waals surface area contributed by atoms with Crippen molar-refractivity contribution in [2.75, 3.05) is 31.0 Å². The zero-order valence-electron chi connectivity index (χ0n) is 16.5. The van der Waals surface area contributed by atoms with Crippen molar-refractivity contribution in [3.8, 4) is 5.75 Å². The number of para-hydroxylation sites is 1. The van der Waals surface area contributed by atoms with E-state index in [0.29, 0.717) is 17.1 Å². The van der Waals surface area contributed by atoms with E-state index in [0.717, 1.165) is 4.90 Å². The molecule has 0 saturated carbocycles. The van der Waals surface area contributed by atoms with E-state index in [1.807, 2.05) is 0 Å². The van der Waals surface area contributed by atoms with Crippen LogP contribution in [0, 0.1) is 0 Å². The van der Waals surface area contributed by atoms with Gasteiger partial charge in [-0.1, -0.05) is 18.2 Å². The first-order valence-corrected chi connectivity index (χ1v) is 9.55. The Morgan fingerprint density at radius 1 is 1.13 bits per heavy atom. The number of methoxy groups -OCH3 is 2. The van der Waals surface area contributed by atoms with Crippen LogP contribution < -0.4 is 15.0 Å². The van der Waals surface area contributed by atoms with Crippen LogP contribution >= 0.6 is 12.2 Å². The van der Waals surface area contributed by atoms with Crippen LogP contribution in [0.4, 0.5) is 11.4 Å². The lowest BCUT2D eigenvalue weighted by Gasteiger charge is -2.29. The Morgan fingerprint density at radius 2 is 1.80 bits per heavy atom. The molecule has 30 heavy (non-hydrogen) atoms. The van der Waals surface area contributed by atoms with Crippen LogP contribution in [0.1, 0.15) is 6.42 Å². The van der Waals surface area contributed by atoms with Gasteiger partial charge in [-0.05, 0) is 48.6 Å². The van der Waals surface area contributed by atoms with Gasteiger partial charge in [0.05, 0.1) is 26.3 Å². The molecule has 9 heteroatoms. The third-order valence-corrected chi connectivity index (χ3v) is 4.98. The first-order chi connectivity index (χ1) is 14.4. The van der Waals surface area contributed by atoms with Crippen molar-refractivity contribution in [1.29, 1.82) is 0 Å². The number of thiocarbonyl (C=S) groups is 1. The third kappa shape index (κ3) is 4.57. The maximum atomic E-state index is 13.1. The van der Waals surface area contributed by atoms with E-state index >= 15 is 0 Å². The van der Waals surface area contributed by atoms with E-state index in [-0.39, 0.29) is 24.0 Å². The zero-order valence-corrected chi connectivity index (χ0v) is 17.3. The van der Waals surface area contributed by atoms with E-state index in [4.69, 9.17) is 21.7 Å². The number of imide groups is 1. The summed E-state index contributed by atoms with van der Waals surface area (Å²) >= 11 is 5.46. The Morgan fingerprint density at radius 3 is 2.40 bits per heavy atom. The number of hydrogen-bond donors (Lipinski definition) is 1. The number of hydrogen-bond acceptors (Lipinski definition) is 6. The van der Waals surface area contributed by atoms with E-state index in [1.165, 1.54) is 12.0 Å². The van der Waals surface area contributed by atoms with Gasteiger partial charge in [-0.25, -0.2) is 4.90 Å². The molecule has 1 unspecified atom stereocenters. The number of ether oxygens (including phenoxy) is 2. The highest BCUT2D eigenvalue weighted by molar-refractivity contribution is 7.80. The van der Waals surface area contributed by atoms with Crippen LogP contribution in [0.5, 0.6) is 5.75 Å². The summed E-state index contributed by atoms with van der Waals surface area (Å²) in [4.78, 5) is 40.1. The molecule has 1 saturated heterocycles. The quantitative estimate of drug-likeness (QED) is 0.427. The standard InChI is InChI=1S/C21H21N3O5S/c1-28-16-10-8-14(9-11-16)22-21(30)23(13-19(26)29-2)17-12-18(25)24(20(17)27)15-6-4-3-5-7-15/h3-11,17H,12-13H2,1-2H3,(H,22,30). The van der Waals surface area contributed by atoms with Crippen molar-refractivity contribution >= 4 is 46.5 Å². The van der Waals surface area contributed by atoms with E-state index in [1.54, 1.807) is 61.7 Å². The van der Waals surface area contributed by atoms with Gasteiger partial charge in [0.25, 0.3) is 5.91 Å². The summed E-state index contributed by atoms with van der Waals surface area (Å²) in [5.74, 6) is -0.715. The molecular formula is C21H21N3O5S. The molecule has 156 valence electrons. The minimum atomic E-state index is -0.921. The average molecular weight is 427 g/mol. The Labute approximate surface area is 179 Å². The van der Waals surface area contributed by atoms with Crippen molar-refractivity contribution in [2.24, 2.45) is 0 Å². The molecule has 3 rings (SSSR count). The zero-order chi connectivity index (χ0) is 21.7. The van der Waals surface area contributed by atoms with E-state index in [2.05, 4.69) is 5.32 Å². The Bertz CT molecular complexity index is 949. The minimum absolute atomic E-state index is 0.102. The molecule has 1 N–H and O–H groups in total. The Kier molecular flexibility index (Phi) is 6.63. The molecule has 0 bridgehead atoms. The number of nitrogens with one attached hydrogen (secondary N) is 1. The minimum Gasteiger partial charge on any atom is -0.497 e. The molecule has 1 aliphatic rings. The molecule has 1 heterocycles. The molecule has 0 radical (unpaired) electrons. The molecule has 0 spiro atoms. The molecule has 2 aromatic rings. The van der Waals surface area contributed by atoms with E-state index in [9.17, 15) is 14.4 Å². The van der Waals surface area contributed by atoms with Gasteiger partial charge in [-0.15, -0.1) is 0 Å². The van der Waals surface area contributed by atoms with Gasteiger partial charge < -0.3 is 19.7 Å². The van der Waals surface area contributed by atoms with Crippen molar-refractivity contribution < 1.29 is 23.9 Å². The fraction of sp³-hybridized carbons (Fsp3) is 0.238. The van der Waals surface area contributed by atoms with Gasteiger partial charge >= 0.3 is 5.97 Å². The summed E-state index contributed by atoms with van der Waals surface area (Å²) < 4.78 is 9.88. The molecule has 8 nitrogen and oxygen atoms in total. The lowest BCUT2D eigenvalue weighted by atomic mass is 10.2. The second-order valence-corrected chi connectivity index (χ2v) is 6.87. The molecule has 1 fully saturated rings. The van der Waals surface area contributed by atoms with Gasteiger partial charge in [-0.2, -0.15) is 0 Å². The average Bonchev–Trinajstić information content (AvgIpc) is 3.06. The van der Waals surface area contributed by atoms with Crippen molar-refractivity contribution in [3.63, 3.8) is 0 Å². The predicted molar refractivity (Wildman–Crippen MR) is 115 cm³/mol. The summed E-state index contributed by atoms with van der Waals surface area (Å²) in [5, 5.41) is 3.13. The van der Waals surface area contributed by atoms with Crippen LogP contribution in [-0.4, -0.2) is 54.6 Å². The van der Waals surface area contributed by atoms with Gasteiger partial charge in [0.1, 0.15) is 18.3 Å². The number of carbonyl (C=O) groups is 3. The maximum absolute atomic E-state index is 13.1. The predicted octanol–water partition coefficient (Wildman–Crippen LogP) is 2.20. The number of amides is 2. The molecule has 0 aliphatic carbocycles. The molecule has 1 atom stereocenters. The second-order valence-electron chi connectivity index (χ2n) is 6.49. The molecule has 1 aliphatic heterocycles. The molecule has 2 aromatic carbocycles. The topological polar surface area (TPSA) is 88.2 Å². The van der Waals surface area contributed by atoms with Gasteiger partial charge in [0.15, 0.2) is 5.11 Å². The number of anilines is 2. The SMILES string of the molecule is COC(=O)CN(C(=S)Nc1ccc(OC)cc1)C1CC(=O)N(c2ccccc2)C1=O. The highest BCUT2D eigenvalue weighted by Gasteiger charge is 2.44. The second kappa shape index (κ2) is 9.36. The number of benzene rings is 2. The fourth-order valence-corrected chi connectivity index (χ4v) is 3.41. The number of carbonyl (C=O) groups excluding carboxylic acids is 3. The number of nitrogens with zero attached hydrogens (tertiary/aromatic N) is 2. The lowest BCUT2D eigenvalue weighted by Crippen LogP contribution is -2.49. The third-order valence-electron chi connectivity index (χ3n) is 4.64. The van der Waals surface area contributed by atoms with Crippen LogP contribution in [-0.2, 0) is 19.1 Å². The first-order valence-electron chi connectivity index (χ1n) is 9.15. The largest absolute Gasteiger partial charge is 0.497 e. The summed E-state index contributed by atoms with van der Waals surface area (Å²) in [6.07, 6.45) is -0.102. The number of esters is 1. The van der Waals surface area contributed by atoms with E-state index < -0.39 is 17.9 Å². The van der Waals surface area contributed by atoms with Crippen LogP contribution in [0.15, 0.2) is 54.6 Å². The van der Waals surface area contributed by atoms with Crippen molar-refractivity contribution in [3.05, 3.63) is 54.6 Å². The summed E-state index contributed by atoms with van der Waals surface area (Å²) in [6, 6.07) is 14.7. The Balaban J connectivity index is 1.83. The van der Waals surface area contributed by atoms with Crippen molar-refractivity contribution in [1.82, 2.24) is 4.90 Å². The fourth-order valence-electron chi connectivity index (χ4n) is 3.10.